The van der Waals surface area contributed by atoms with Gasteiger partial charge >= 0.3 is 0 Å². The fourth-order valence-electron chi connectivity index (χ4n) is 2.43. The van der Waals surface area contributed by atoms with Gasteiger partial charge in [0.05, 0.1) is 18.5 Å². The number of aryl methyl sites for hydroxylation is 1. The maximum Gasteiger partial charge on any atom is 0.148 e. The van der Waals surface area contributed by atoms with E-state index in [0.29, 0.717) is 13.2 Å². The zero-order chi connectivity index (χ0) is 14.4. The molecule has 1 heterocycles. The Labute approximate surface area is 121 Å². The minimum absolute atomic E-state index is 0.212. The number of nitrogens with zero attached hydrogens (tertiary/aromatic N) is 1. The van der Waals surface area contributed by atoms with Crippen LogP contribution in [0.4, 0.5) is 0 Å². The van der Waals surface area contributed by atoms with Crippen LogP contribution < -0.4 is 0 Å². The molecule has 0 unspecified atom stereocenters. The van der Waals surface area contributed by atoms with Crippen molar-refractivity contribution in [2.75, 3.05) is 38.2 Å². The van der Waals surface area contributed by atoms with Crippen molar-refractivity contribution in [1.82, 2.24) is 4.90 Å². The Kier molecular flexibility index (Phi) is 5.57. The summed E-state index contributed by atoms with van der Waals surface area (Å²) in [6.45, 7) is 2.98. The highest BCUT2D eigenvalue weighted by atomic mass is 32.2. The Bertz CT molecular complexity index is 501. The number of sulfone groups is 1. The van der Waals surface area contributed by atoms with E-state index in [4.69, 9.17) is 4.74 Å². The molecule has 0 radical (unpaired) electrons. The van der Waals surface area contributed by atoms with Gasteiger partial charge in [-0.1, -0.05) is 30.3 Å². The molecule has 1 aliphatic rings. The van der Waals surface area contributed by atoms with Gasteiger partial charge in [-0.2, -0.15) is 0 Å². The van der Waals surface area contributed by atoms with Gasteiger partial charge in [0.2, 0.25) is 0 Å². The van der Waals surface area contributed by atoms with Gasteiger partial charge in [0, 0.05) is 25.9 Å². The first kappa shape index (κ1) is 15.5. The quantitative estimate of drug-likeness (QED) is 0.795. The van der Waals surface area contributed by atoms with E-state index in [1.165, 1.54) is 11.8 Å². The highest BCUT2D eigenvalue weighted by Crippen LogP contribution is 2.12. The molecule has 0 amide bonds. The van der Waals surface area contributed by atoms with Crippen LogP contribution in [-0.4, -0.2) is 57.7 Å². The van der Waals surface area contributed by atoms with E-state index < -0.39 is 9.84 Å². The summed E-state index contributed by atoms with van der Waals surface area (Å²) in [5, 5.41) is 0. The summed E-state index contributed by atoms with van der Waals surface area (Å²) < 4.78 is 28.2. The molecule has 1 aliphatic heterocycles. The van der Waals surface area contributed by atoms with E-state index >= 15 is 0 Å². The van der Waals surface area contributed by atoms with Gasteiger partial charge in [-0.05, 0) is 18.4 Å². The summed E-state index contributed by atoms with van der Waals surface area (Å²) in [5.74, 6) is 0.235. The largest absolute Gasteiger partial charge is 0.376 e. The Morgan fingerprint density at radius 1 is 1.30 bits per heavy atom. The van der Waals surface area contributed by atoms with Crippen molar-refractivity contribution in [2.24, 2.45) is 0 Å². The molecule has 1 atom stereocenters. The Balaban J connectivity index is 1.76. The van der Waals surface area contributed by atoms with Gasteiger partial charge in [-0.15, -0.1) is 0 Å². The molecule has 0 N–H and O–H groups in total. The molecule has 1 aromatic carbocycles. The third kappa shape index (κ3) is 5.61. The van der Waals surface area contributed by atoms with E-state index in [-0.39, 0.29) is 11.9 Å². The van der Waals surface area contributed by atoms with Crippen LogP contribution in [0.2, 0.25) is 0 Å². The van der Waals surface area contributed by atoms with Crippen LogP contribution in [-0.2, 0) is 21.0 Å². The summed E-state index contributed by atoms with van der Waals surface area (Å²) >= 11 is 0. The average Bonchev–Trinajstić information content (AvgIpc) is 2.44. The van der Waals surface area contributed by atoms with Gasteiger partial charge < -0.3 is 4.74 Å². The number of benzene rings is 1. The molecule has 0 bridgehead atoms. The molecule has 0 saturated carbocycles. The van der Waals surface area contributed by atoms with Crippen molar-refractivity contribution in [3.05, 3.63) is 35.9 Å². The minimum Gasteiger partial charge on any atom is -0.376 e. The third-order valence-corrected chi connectivity index (χ3v) is 4.52. The summed E-state index contributed by atoms with van der Waals surface area (Å²) in [5.41, 5.74) is 1.32. The molecule has 1 fully saturated rings. The number of ether oxygens (including phenoxy) is 1. The van der Waals surface area contributed by atoms with Crippen molar-refractivity contribution in [2.45, 2.75) is 18.9 Å². The lowest BCUT2D eigenvalue weighted by atomic mass is 10.1. The molecule has 1 saturated heterocycles. The second-order valence-electron chi connectivity index (χ2n) is 5.45. The van der Waals surface area contributed by atoms with Crippen LogP contribution in [0.15, 0.2) is 30.3 Å². The standard InChI is InChI=1S/C15H23NO3S/c1-20(17,18)12-10-16-9-11-19-15(13-16)8-7-14-5-3-2-4-6-14/h2-6,15H,7-13H2,1H3/t15-/m0/s1. The lowest BCUT2D eigenvalue weighted by Crippen LogP contribution is -2.44. The number of rotatable bonds is 6. The zero-order valence-electron chi connectivity index (χ0n) is 12.0. The van der Waals surface area contributed by atoms with E-state index in [1.54, 1.807) is 0 Å². The van der Waals surface area contributed by atoms with Crippen LogP contribution in [0.5, 0.6) is 0 Å². The highest BCUT2D eigenvalue weighted by molar-refractivity contribution is 7.90. The molecule has 0 spiro atoms. The van der Waals surface area contributed by atoms with Gasteiger partial charge in [0.15, 0.2) is 0 Å². The monoisotopic (exact) mass is 297 g/mol. The lowest BCUT2D eigenvalue weighted by Gasteiger charge is -2.32. The molecule has 1 aromatic rings. The fraction of sp³-hybridized carbons (Fsp3) is 0.600. The maximum absolute atomic E-state index is 11.2. The van der Waals surface area contributed by atoms with Gasteiger partial charge in [0.25, 0.3) is 0 Å². The van der Waals surface area contributed by atoms with E-state index in [1.807, 2.05) is 6.07 Å². The van der Waals surface area contributed by atoms with Crippen LogP contribution in [0.1, 0.15) is 12.0 Å². The topological polar surface area (TPSA) is 46.6 Å². The van der Waals surface area contributed by atoms with E-state index in [2.05, 4.69) is 29.2 Å². The van der Waals surface area contributed by atoms with Crippen molar-refractivity contribution in [3.63, 3.8) is 0 Å². The van der Waals surface area contributed by atoms with E-state index in [9.17, 15) is 8.42 Å². The van der Waals surface area contributed by atoms with E-state index in [0.717, 1.165) is 25.9 Å². The Morgan fingerprint density at radius 2 is 2.05 bits per heavy atom. The number of morpholine rings is 1. The minimum atomic E-state index is -2.88. The Morgan fingerprint density at radius 3 is 2.75 bits per heavy atom. The summed E-state index contributed by atoms with van der Waals surface area (Å²) in [7, 11) is -2.88. The maximum atomic E-state index is 11.2. The number of hydrogen-bond acceptors (Lipinski definition) is 4. The zero-order valence-corrected chi connectivity index (χ0v) is 12.8. The van der Waals surface area contributed by atoms with Gasteiger partial charge in [-0.3, -0.25) is 4.90 Å². The Hall–Kier alpha value is -0.910. The molecule has 0 aromatic heterocycles. The first-order chi connectivity index (χ1) is 9.53. The molecule has 2 rings (SSSR count). The fourth-order valence-corrected chi connectivity index (χ4v) is 3.02. The van der Waals surface area contributed by atoms with Gasteiger partial charge in [0.1, 0.15) is 9.84 Å². The van der Waals surface area contributed by atoms with Crippen molar-refractivity contribution in [3.8, 4) is 0 Å². The summed E-state index contributed by atoms with van der Waals surface area (Å²) in [6.07, 6.45) is 3.49. The van der Waals surface area contributed by atoms with Crippen LogP contribution in [0.25, 0.3) is 0 Å². The average molecular weight is 297 g/mol. The van der Waals surface area contributed by atoms with Crippen LogP contribution in [0.3, 0.4) is 0 Å². The van der Waals surface area contributed by atoms with Crippen LogP contribution in [0, 0.1) is 0 Å². The first-order valence-corrected chi connectivity index (χ1v) is 9.14. The van der Waals surface area contributed by atoms with Crippen molar-refractivity contribution < 1.29 is 13.2 Å². The molecule has 112 valence electrons. The summed E-state index contributed by atoms with van der Waals surface area (Å²) in [6, 6.07) is 10.4. The van der Waals surface area contributed by atoms with Crippen molar-refractivity contribution >= 4 is 9.84 Å². The molecular formula is C15H23NO3S. The predicted molar refractivity (Wildman–Crippen MR) is 80.7 cm³/mol. The second-order valence-corrected chi connectivity index (χ2v) is 7.71. The smallest absolute Gasteiger partial charge is 0.148 e. The molecule has 4 nitrogen and oxygen atoms in total. The first-order valence-electron chi connectivity index (χ1n) is 7.08. The predicted octanol–water partition coefficient (Wildman–Crippen LogP) is 1.36. The molecule has 0 aliphatic carbocycles. The normalized spacial score (nSPS) is 20.9. The molecular weight excluding hydrogens is 274 g/mol. The third-order valence-electron chi connectivity index (χ3n) is 3.60. The summed E-state index contributed by atoms with van der Waals surface area (Å²) in [4.78, 5) is 2.19. The van der Waals surface area contributed by atoms with Crippen LogP contribution >= 0.6 is 0 Å². The number of hydrogen-bond donors (Lipinski definition) is 0. The second kappa shape index (κ2) is 7.20. The molecule has 20 heavy (non-hydrogen) atoms. The SMILES string of the molecule is CS(=O)(=O)CCN1CCO[C@@H](CCc2ccccc2)C1. The highest BCUT2D eigenvalue weighted by Gasteiger charge is 2.20. The lowest BCUT2D eigenvalue weighted by molar-refractivity contribution is -0.0297. The van der Waals surface area contributed by atoms with Crippen molar-refractivity contribution in [1.29, 1.82) is 0 Å². The molecule has 5 heteroatoms. The van der Waals surface area contributed by atoms with Gasteiger partial charge in [-0.25, -0.2) is 8.42 Å².